The van der Waals surface area contributed by atoms with E-state index in [-0.39, 0.29) is 11.5 Å². The molecule has 1 aromatic rings. The lowest BCUT2D eigenvalue weighted by molar-refractivity contribution is -0.247. The third-order valence-corrected chi connectivity index (χ3v) is 6.39. The molecule has 0 bridgehead atoms. The predicted octanol–water partition coefficient (Wildman–Crippen LogP) is 3.50. The van der Waals surface area contributed by atoms with Gasteiger partial charge in [0.15, 0.2) is 17.6 Å². The normalized spacial score (nSPS) is 34.2. The lowest BCUT2D eigenvalue weighted by Crippen LogP contribution is -2.62. The summed E-state index contributed by atoms with van der Waals surface area (Å²) in [6.45, 7) is 1.25. The lowest BCUT2D eigenvalue weighted by atomic mass is 9.56. The van der Waals surface area contributed by atoms with Gasteiger partial charge in [0, 0.05) is 23.3 Å². The molecule has 1 saturated carbocycles. The fourth-order valence-electron chi connectivity index (χ4n) is 5.29. The summed E-state index contributed by atoms with van der Waals surface area (Å²) >= 11 is 6.28. The number of ether oxygens (including phenoxy) is 4. The first kappa shape index (κ1) is 15.1. The van der Waals surface area contributed by atoms with E-state index in [1.165, 1.54) is 11.1 Å². The zero-order valence-corrected chi connectivity index (χ0v) is 14.5. The Balaban J connectivity index is 1.76. The molecule has 2 fully saturated rings. The van der Waals surface area contributed by atoms with Crippen molar-refractivity contribution >= 4 is 17.7 Å². The molecule has 5 heteroatoms. The number of halogens is 1. The van der Waals surface area contributed by atoms with E-state index in [9.17, 15) is 0 Å². The van der Waals surface area contributed by atoms with Gasteiger partial charge in [0.2, 0.25) is 5.79 Å². The van der Waals surface area contributed by atoms with E-state index in [0.717, 1.165) is 30.8 Å². The van der Waals surface area contributed by atoms with Crippen molar-refractivity contribution in [1.82, 2.24) is 0 Å². The van der Waals surface area contributed by atoms with E-state index >= 15 is 0 Å². The van der Waals surface area contributed by atoms with Crippen LogP contribution in [-0.4, -0.2) is 38.1 Å². The highest BCUT2D eigenvalue weighted by atomic mass is 35.5. The number of hydrogen-bond donors (Lipinski definition) is 0. The van der Waals surface area contributed by atoms with Crippen LogP contribution in [0.4, 0.5) is 0 Å². The van der Waals surface area contributed by atoms with E-state index in [1.807, 2.05) is 6.07 Å². The van der Waals surface area contributed by atoms with E-state index < -0.39 is 5.79 Å². The highest BCUT2D eigenvalue weighted by Crippen LogP contribution is 2.64. The minimum absolute atomic E-state index is 0.181. The minimum atomic E-state index is -0.658. The molecule has 4 aliphatic rings. The summed E-state index contributed by atoms with van der Waals surface area (Å²) in [5.41, 5.74) is 2.24. The molecule has 5 rings (SSSR count). The van der Waals surface area contributed by atoms with Gasteiger partial charge in [0.1, 0.15) is 0 Å². The van der Waals surface area contributed by atoms with Gasteiger partial charge in [-0.25, -0.2) is 0 Å². The molecule has 2 aliphatic heterocycles. The Morgan fingerprint density at radius 3 is 2.88 bits per heavy atom. The summed E-state index contributed by atoms with van der Waals surface area (Å²) < 4.78 is 24.4. The van der Waals surface area contributed by atoms with Crippen molar-refractivity contribution in [1.29, 1.82) is 0 Å². The number of allylic oxidation sites excluding steroid dienone is 1. The Morgan fingerprint density at radius 2 is 2.12 bits per heavy atom. The van der Waals surface area contributed by atoms with Gasteiger partial charge in [0.05, 0.1) is 20.3 Å². The molecule has 1 aromatic carbocycles. The molecule has 2 aliphatic carbocycles. The third kappa shape index (κ3) is 1.67. The molecule has 2 heterocycles. The van der Waals surface area contributed by atoms with Gasteiger partial charge in [-0.3, -0.25) is 0 Å². The summed E-state index contributed by atoms with van der Waals surface area (Å²) in [6.07, 6.45) is 7.08. The number of rotatable bonds is 3. The van der Waals surface area contributed by atoms with E-state index in [1.54, 1.807) is 7.11 Å². The van der Waals surface area contributed by atoms with Gasteiger partial charge in [-0.1, -0.05) is 18.2 Å². The van der Waals surface area contributed by atoms with Crippen LogP contribution in [-0.2, 0) is 14.9 Å². The minimum Gasteiger partial charge on any atom is -0.493 e. The largest absolute Gasteiger partial charge is 0.493 e. The average molecular weight is 349 g/mol. The summed E-state index contributed by atoms with van der Waals surface area (Å²) in [5.74, 6) is 1.94. The molecule has 0 N–H and O–H groups in total. The van der Waals surface area contributed by atoms with Crippen LogP contribution >= 0.6 is 11.6 Å². The number of methoxy groups -OCH3 is 1. The molecule has 0 unspecified atom stereocenters. The average Bonchev–Trinajstić information content (AvgIpc) is 3.20. The van der Waals surface area contributed by atoms with Gasteiger partial charge in [-0.05, 0) is 30.4 Å². The standard InChI is InChI=1S/C19H21ClO4/c1-21-14-5-3-12-2-4-13-6-7-19(22-10-11-23-19)17-18(13,8-9-20)15(12)16(14)24-17/h2-5,13,17H,6-11H2,1H3/t13-,17-,18+/m1/s1. The first-order valence-corrected chi connectivity index (χ1v) is 9.19. The van der Waals surface area contributed by atoms with Crippen molar-refractivity contribution in [2.24, 2.45) is 5.92 Å². The fraction of sp³-hybridized carbons (Fsp3) is 0.579. The van der Waals surface area contributed by atoms with Gasteiger partial charge in [0.25, 0.3) is 0 Å². The van der Waals surface area contributed by atoms with Crippen molar-refractivity contribution in [2.75, 3.05) is 26.2 Å². The third-order valence-electron chi connectivity index (χ3n) is 6.20. The number of benzene rings is 1. The molecule has 0 aromatic heterocycles. The zero-order valence-electron chi connectivity index (χ0n) is 13.7. The topological polar surface area (TPSA) is 36.9 Å². The first-order chi connectivity index (χ1) is 11.7. The highest BCUT2D eigenvalue weighted by Gasteiger charge is 2.67. The molecule has 0 amide bonds. The van der Waals surface area contributed by atoms with Gasteiger partial charge >= 0.3 is 0 Å². The van der Waals surface area contributed by atoms with Crippen molar-refractivity contribution in [2.45, 2.75) is 36.6 Å². The Bertz CT molecular complexity index is 710. The second-order valence-electron chi connectivity index (χ2n) is 7.05. The quantitative estimate of drug-likeness (QED) is 0.783. The zero-order chi connectivity index (χ0) is 16.4. The molecule has 1 saturated heterocycles. The Kier molecular flexibility index (Phi) is 3.22. The summed E-state index contributed by atoms with van der Waals surface area (Å²) in [5, 5.41) is 0. The van der Waals surface area contributed by atoms with E-state index in [2.05, 4.69) is 18.2 Å². The van der Waals surface area contributed by atoms with Crippen LogP contribution in [0.15, 0.2) is 18.2 Å². The Labute approximate surface area is 146 Å². The Hall–Kier alpha value is -1.23. The SMILES string of the molecule is COc1ccc2c3c1O[C@H]1C4(CC[C@@H](C=C2)[C@@]31CCCl)OCCO4. The van der Waals surface area contributed by atoms with Crippen LogP contribution in [0.1, 0.15) is 30.4 Å². The molecule has 128 valence electrons. The van der Waals surface area contributed by atoms with E-state index in [4.69, 9.17) is 30.5 Å². The smallest absolute Gasteiger partial charge is 0.206 e. The second kappa shape index (κ2) is 5.13. The maximum absolute atomic E-state index is 6.54. The fourth-order valence-corrected chi connectivity index (χ4v) is 5.60. The summed E-state index contributed by atoms with van der Waals surface area (Å²) in [4.78, 5) is 0. The summed E-state index contributed by atoms with van der Waals surface area (Å²) in [7, 11) is 1.69. The van der Waals surface area contributed by atoms with Crippen molar-refractivity contribution in [3.63, 3.8) is 0 Å². The van der Waals surface area contributed by atoms with Crippen LogP contribution in [0, 0.1) is 5.92 Å². The number of fused-ring (bicyclic) bond motifs is 1. The van der Waals surface area contributed by atoms with E-state index in [0.29, 0.717) is 25.0 Å². The summed E-state index contributed by atoms with van der Waals surface area (Å²) in [6, 6.07) is 4.09. The lowest BCUT2D eigenvalue weighted by Gasteiger charge is -2.51. The molecule has 24 heavy (non-hydrogen) atoms. The van der Waals surface area contributed by atoms with Crippen molar-refractivity contribution < 1.29 is 18.9 Å². The van der Waals surface area contributed by atoms with Crippen LogP contribution in [0.5, 0.6) is 11.5 Å². The van der Waals surface area contributed by atoms with Gasteiger partial charge < -0.3 is 18.9 Å². The monoisotopic (exact) mass is 348 g/mol. The number of alkyl halides is 1. The van der Waals surface area contributed by atoms with Crippen molar-refractivity contribution in [3.8, 4) is 11.5 Å². The Morgan fingerprint density at radius 1 is 1.29 bits per heavy atom. The van der Waals surface area contributed by atoms with Crippen LogP contribution in [0.3, 0.4) is 0 Å². The van der Waals surface area contributed by atoms with Crippen LogP contribution < -0.4 is 9.47 Å². The maximum atomic E-state index is 6.54. The molecule has 0 radical (unpaired) electrons. The predicted molar refractivity (Wildman–Crippen MR) is 90.8 cm³/mol. The maximum Gasteiger partial charge on any atom is 0.206 e. The first-order valence-electron chi connectivity index (χ1n) is 8.65. The van der Waals surface area contributed by atoms with Gasteiger partial charge in [-0.2, -0.15) is 0 Å². The highest BCUT2D eigenvalue weighted by molar-refractivity contribution is 6.17. The number of hydrogen-bond acceptors (Lipinski definition) is 4. The van der Waals surface area contributed by atoms with Crippen molar-refractivity contribution in [3.05, 3.63) is 29.3 Å². The molecule has 4 nitrogen and oxygen atoms in total. The van der Waals surface area contributed by atoms with Crippen LogP contribution in [0.2, 0.25) is 0 Å². The molecular formula is C19H21ClO4. The molecule has 1 spiro atoms. The molecular weight excluding hydrogens is 328 g/mol. The van der Waals surface area contributed by atoms with Gasteiger partial charge in [-0.15, -0.1) is 11.6 Å². The van der Waals surface area contributed by atoms with Crippen LogP contribution in [0.25, 0.3) is 6.08 Å². The molecule has 3 atom stereocenters. The second-order valence-corrected chi connectivity index (χ2v) is 7.43.